The zero-order chi connectivity index (χ0) is 10.7. The van der Waals surface area contributed by atoms with Crippen LogP contribution in [0.3, 0.4) is 0 Å². The molecular formula is C12H12O3. The predicted molar refractivity (Wildman–Crippen MR) is 54.3 cm³/mol. The molecule has 2 rings (SSSR count). The molecule has 1 unspecified atom stereocenters. The molecule has 0 saturated heterocycles. The molecule has 1 atom stereocenters. The highest BCUT2D eigenvalue weighted by atomic mass is 16.5. The van der Waals surface area contributed by atoms with Crippen molar-refractivity contribution in [2.75, 3.05) is 0 Å². The number of ether oxygens (including phenoxy) is 1. The van der Waals surface area contributed by atoms with Crippen LogP contribution in [0, 0.1) is 0 Å². The van der Waals surface area contributed by atoms with E-state index in [1.54, 1.807) is 0 Å². The molecule has 1 saturated carbocycles. The Kier molecular flexibility index (Phi) is 2.92. The summed E-state index contributed by atoms with van der Waals surface area (Å²) in [6.07, 6.45) is -0.233. The monoisotopic (exact) mass is 204 g/mol. The Balaban J connectivity index is 1.89. The fourth-order valence-corrected chi connectivity index (χ4v) is 1.62. The quantitative estimate of drug-likeness (QED) is 0.701. The van der Waals surface area contributed by atoms with Crippen LogP contribution in [-0.4, -0.2) is 17.7 Å². The topological polar surface area (TPSA) is 43.4 Å². The Labute approximate surface area is 88.1 Å². The Hall–Kier alpha value is -1.48. The molecule has 0 aromatic heterocycles. The molecule has 1 aliphatic carbocycles. The second-order valence-electron chi connectivity index (χ2n) is 3.67. The molecule has 0 aliphatic heterocycles. The highest BCUT2D eigenvalue weighted by Crippen LogP contribution is 2.16. The van der Waals surface area contributed by atoms with E-state index in [0.29, 0.717) is 6.61 Å². The first kappa shape index (κ1) is 10.1. The van der Waals surface area contributed by atoms with Gasteiger partial charge in [-0.25, -0.2) is 0 Å². The molecule has 0 amide bonds. The van der Waals surface area contributed by atoms with Gasteiger partial charge in [0, 0.05) is 6.42 Å². The van der Waals surface area contributed by atoms with Gasteiger partial charge in [0.2, 0.25) is 0 Å². The van der Waals surface area contributed by atoms with E-state index in [9.17, 15) is 9.59 Å². The zero-order valence-corrected chi connectivity index (χ0v) is 8.31. The van der Waals surface area contributed by atoms with Gasteiger partial charge in [-0.1, -0.05) is 30.3 Å². The maximum absolute atomic E-state index is 11.3. The van der Waals surface area contributed by atoms with Gasteiger partial charge in [-0.3, -0.25) is 9.59 Å². The van der Waals surface area contributed by atoms with E-state index < -0.39 is 6.10 Å². The molecule has 1 aromatic rings. The molecule has 0 spiro atoms. The lowest BCUT2D eigenvalue weighted by molar-refractivity contribution is -0.128. The standard InChI is InChI=1S/C12H12O3/c13-10-6-11(14)12(7-10)15-8-9-4-2-1-3-5-9/h1-5,12H,6-8H2. The van der Waals surface area contributed by atoms with Crippen molar-refractivity contribution in [3.05, 3.63) is 35.9 Å². The van der Waals surface area contributed by atoms with Crippen LogP contribution < -0.4 is 0 Å². The summed E-state index contributed by atoms with van der Waals surface area (Å²) in [7, 11) is 0. The molecule has 0 bridgehead atoms. The van der Waals surface area contributed by atoms with Gasteiger partial charge in [-0.05, 0) is 5.56 Å². The van der Waals surface area contributed by atoms with Crippen LogP contribution in [0.4, 0.5) is 0 Å². The van der Waals surface area contributed by atoms with E-state index >= 15 is 0 Å². The molecular weight excluding hydrogens is 192 g/mol. The number of carbonyl (C=O) groups is 2. The van der Waals surface area contributed by atoms with Gasteiger partial charge < -0.3 is 4.74 Å². The SMILES string of the molecule is O=C1CC(=O)C(OCc2ccccc2)C1. The highest BCUT2D eigenvalue weighted by Gasteiger charge is 2.31. The van der Waals surface area contributed by atoms with Crippen LogP contribution in [0.25, 0.3) is 0 Å². The van der Waals surface area contributed by atoms with Gasteiger partial charge >= 0.3 is 0 Å². The van der Waals surface area contributed by atoms with Crippen LogP contribution in [0.15, 0.2) is 30.3 Å². The van der Waals surface area contributed by atoms with E-state index in [0.717, 1.165) is 5.56 Å². The van der Waals surface area contributed by atoms with E-state index in [2.05, 4.69) is 0 Å². The summed E-state index contributed by atoms with van der Waals surface area (Å²) in [6, 6.07) is 9.62. The number of benzene rings is 1. The second kappa shape index (κ2) is 4.36. The van der Waals surface area contributed by atoms with Crippen molar-refractivity contribution in [2.45, 2.75) is 25.6 Å². The van der Waals surface area contributed by atoms with Crippen LogP contribution in [0.5, 0.6) is 0 Å². The van der Waals surface area contributed by atoms with Crippen LogP contribution >= 0.6 is 0 Å². The Morgan fingerprint density at radius 1 is 1.20 bits per heavy atom. The lowest BCUT2D eigenvalue weighted by Gasteiger charge is -2.08. The van der Waals surface area contributed by atoms with E-state index in [4.69, 9.17) is 4.74 Å². The van der Waals surface area contributed by atoms with E-state index in [1.807, 2.05) is 30.3 Å². The lowest BCUT2D eigenvalue weighted by atomic mass is 10.2. The summed E-state index contributed by atoms with van der Waals surface area (Å²) in [5, 5.41) is 0. The smallest absolute Gasteiger partial charge is 0.169 e. The van der Waals surface area contributed by atoms with E-state index in [1.165, 1.54) is 0 Å². The minimum atomic E-state index is -0.516. The van der Waals surface area contributed by atoms with Gasteiger partial charge in [0.1, 0.15) is 11.9 Å². The molecule has 3 nitrogen and oxygen atoms in total. The van der Waals surface area contributed by atoms with Crippen LogP contribution in [-0.2, 0) is 20.9 Å². The molecule has 0 heterocycles. The molecule has 78 valence electrons. The Bertz CT molecular complexity index is 370. The van der Waals surface area contributed by atoms with Crippen molar-refractivity contribution in [3.8, 4) is 0 Å². The largest absolute Gasteiger partial charge is 0.365 e. The van der Waals surface area contributed by atoms with Crippen molar-refractivity contribution >= 4 is 11.6 Å². The van der Waals surface area contributed by atoms with Gasteiger partial charge in [0.25, 0.3) is 0 Å². The fourth-order valence-electron chi connectivity index (χ4n) is 1.62. The number of rotatable bonds is 3. The third kappa shape index (κ3) is 2.50. The minimum Gasteiger partial charge on any atom is -0.365 e. The van der Waals surface area contributed by atoms with Crippen molar-refractivity contribution in [1.82, 2.24) is 0 Å². The van der Waals surface area contributed by atoms with Gasteiger partial charge in [-0.2, -0.15) is 0 Å². The number of hydrogen-bond acceptors (Lipinski definition) is 3. The molecule has 1 fully saturated rings. The zero-order valence-electron chi connectivity index (χ0n) is 8.31. The summed E-state index contributed by atoms with van der Waals surface area (Å²) in [4.78, 5) is 22.2. The lowest BCUT2D eigenvalue weighted by Crippen LogP contribution is -2.17. The van der Waals surface area contributed by atoms with Gasteiger partial charge in [0.15, 0.2) is 5.78 Å². The first-order chi connectivity index (χ1) is 7.25. The van der Waals surface area contributed by atoms with Crippen molar-refractivity contribution in [2.24, 2.45) is 0 Å². The highest BCUT2D eigenvalue weighted by molar-refractivity contribution is 6.08. The number of Topliss-reactive ketones (excluding diaryl/α,β-unsaturated/α-hetero) is 2. The first-order valence-corrected chi connectivity index (χ1v) is 4.95. The Morgan fingerprint density at radius 3 is 2.53 bits per heavy atom. The molecule has 0 N–H and O–H groups in total. The summed E-state index contributed by atoms with van der Waals surface area (Å²) in [6.45, 7) is 0.393. The molecule has 1 aliphatic rings. The maximum atomic E-state index is 11.3. The minimum absolute atomic E-state index is 0.0157. The average Bonchev–Trinajstić information content (AvgIpc) is 2.56. The fraction of sp³-hybridized carbons (Fsp3) is 0.333. The van der Waals surface area contributed by atoms with Gasteiger partial charge in [-0.15, -0.1) is 0 Å². The van der Waals surface area contributed by atoms with Crippen molar-refractivity contribution in [1.29, 1.82) is 0 Å². The predicted octanol–water partition coefficient (Wildman–Crippen LogP) is 1.50. The average molecular weight is 204 g/mol. The van der Waals surface area contributed by atoms with Gasteiger partial charge in [0.05, 0.1) is 13.0 Å². The normalized spacial score (nSPS) is 20.9. The Morgan fingerprint density at radius 2 is 1.93 bits per heavy atom. The second-order valence-corrected chi connectivity index (χ2v) is 3.67. The summed E-state index contributed by atoms with van der Waals surface area (Å²) < 4.78 is 5.40. The summed E-state index contributed by atoms with van der Waals surface area (Å²) in [5.41, 5.74) is 1.02. The van der Waals surface area contributed by atoms with Crippen LogP contribution in [0.1, 0.15) is 18.4 Å². The number of carbonyl (C=O) groups excluding carboxylic acids is 2. The third-order valence-corrected chi connectivity index (χ3v) is 2.44. The van der Waals surface area contributed by atoms with Crippen molar-refractivity contribution in [3.63, 3.8) is 0 Å². The summed E-state index contributed by atoms with van der Waals surface area (Å²) >= 11 is 0. The number of hydrogen-bond donors (Lipinski definition) is 0. The first-order valence-electron chi connectivity index (χ1n) is 4.95. The van der Waals surface area contributed by atoms with E-state index in [-0.39, 0.29) is 24.4 Å². The third-order valence-electron chi connectivity index (χ3n) is 2.44. The van der Waals surface area contributed by atoms with Crippen LogP contribution in [0.2, 0.25) is 0 Å². The molecule has 0 radical (unpaired) electrons. The molecule has 15 heavy (non-hydrogen) atoms. The molecule has 1 aromatic carbocycles. The maximum Gasteiger partial charge on any atom is 0.169 e. The number of ketones is 2. The molecule has 3 heteroatoms. The summed E-state index contributed by atoms with van der Waals surface area (Å²) in [5.74, 6) is -0.103. The van der Waals surface area contributed by atoms with Crippen molar-refractivity contribution < 1.29 is 14.3 Å².